The maximum absolute atomic E-state index is 13.8. The molecular weight excluding hydrogens is 337 g/mol. The molecule has 0 saturated carbocycles. The van der Waals surface area contributed by atoms with Crippen molar-refractivity contribution in [3.05, 3.63) is 29.3 Å². The van der Waals surface area contributed by atoms with E-state index >= 15 is 0 Å². The first-order valence-corrected chi connectivity index (χ1v) is 6.46. The molecule has 0 fully saturated rings. The van der Waals surface area contributed by atoms with Gasteiger partial charge < -0.3 is 4.74 Å². The van der Waals surface area contributed by atoms with E-state index in [0.717, 1.165) is 6.07 Å². The van der Waals surface area contributed by atoms with Crippen molar-refractivity contribution < 1.29 is 13.5 Å². The van der Waals surface area contributed by atoms with E-state index in [-0.39, 0.29) is 11.2 Å². The molecule has 1 aromatic rings. The molecule has 0 saturated heterocycles. The van der Waals surface area contributed by atoms with Gasteiger partial charge >= 0.3 is 0 Å². The maximum Gasteiger partial charge on any atom is 0.200 e. The summed E-state index contributed by atoms with van der Waals surface area (Å²) in [5, 5.41) is 0. The zero-order valence-corrected chi connectivity index (χ0v) is 12.9. The number of hydrogen-bond acceptors (Lipinski definition) is 1. The van der Waals surface area contributed by atoms with Gasteiger partial charge in [-0.1, -0.05) is 26.8 Å². The lowest BCUT2D eigenvalue weighted by Gasteiger charge is -2.27. The number of ether oxygens (including phenoxy) is 1. The molecule has 1 rings (SSSR count). The summed E-state index contributed by atoms with van der Waals surface area (Å²) in [6.45, 7) is 9.40. The van der Waals surface area contributed by atoms with Gasteiger partial charge in [0, 0.05) is 5.56 Å². The van der Waals surface area contributed by atoms with E-state index < -0.39 is 15.2 Å². The quantitative estimate of drug-likeness (QED) is 0.547. The van der Waals surface area contributed by atoms with Gasteiger partial charge in [0.15, 0.2) is 15.2 Å². The molecule has 0 radical (unpaired) electrons. The van der Waals surface area contributed by atoms with Crippen molar-refractivity contribution in [3.63, 3.8) is 0 Å². The lowest BCUT2D eigenvalue weighted by atomic mass is 9.86. The number of hydrogen-bond donors (Lipinski definition) is 0. The zero-order chi connectivity index (χ0) is 13.4. The Balaban J connectivity index is 3.37. The van der Waals surface area contributed by atoms with Crippen LogP contribution in [0.5, 0.6) is 5.75 Å². The molecule has 0 heterocycles. The molecule has 0 bridgehead atoms. The highest BCUT2D eigenvalue weighted by molar-refractivity contribution is 14.1. The van der Waals surface area contributed by atoms with Gasteiger partial charge in [0.05, 0.1) is 0 Å². The molecule has 0 atom stereocenters. The highest BCUT2D eigenvalue weighted by atomic mass is 127. The second-order valence-electron chi connectivity index (χ2n) is 5.45. The number of benzene rings is 1. The fourth-order valence-corrected chi connectivity index (χ4v) is 1.69. The standard InChI is InChI=1S/C13H17F2IO/c1-12(2,3)8-6-7-9(14)10(15)11(8)17-13(4,5)16/h6-7H,1-5H3. The lowest BCUT2D eigenvalue weighted by Crippen LogP contribution is -2.23. The molecule has 0 aliphatic heterocycles. The Morgan fingerprint density at radius 2 is 1.59 bits per heavy atom. The predicted octanol–water partition coefficient (Wildman–Crippen LogP) is 4.81. The predicted molar refractivity (Wildman–Crippen MR) is 73.8 cm³/mol. The van der Waals surface area contributed by atoms with Crippen LogP contribution < -0.4 is 4.74 Å². The third kappa shape index (κ3) is 3.79. The zero-order valence-electron chi connectivity index (χ0n) is 10.7. The molecule has 0 spiro atoms. The Hall–Kier alpha value is -0.390. The van der Waals surface area contributed by atoms with E-state index in [0.29, 0.717) is 5.56 Å². The second kappa shape index (κ2) is 4.71. The summed E-state index contributed by atoms with van der Waals surface area (Å²) >= 11 is 2.04. The van der Waals surface area contributed by atoms with Crippen LogP contribution in [0.4, 0.5) is 8.78 Å². The molecule has 0 N–H and O–H groups in total. The second-order valence-corrected chi connectivity index (χ2v) is 8.05. The maximum atomic E-state index is 13.8. The first-order valence-electron chi connectivity index (χ1n) is 5.39. The van der Waals surface area contributed by atoms with E-state index in [9.17, 15) is 8.78 Å². The summed E-state index contributed by atoms with van der Waals surface area (Å²) in [7, 11) is 0. The van der Waals surface area contributed by atoms with Crippen LogP contribution in [0.3, 0.4) is 0 Å². The van der Waals surface area contributed by atoms with Gasteiger partial charge in [-0.2, -0.15) is 4.39 Å². The van der Waals surface area contributed by atoms with Crippen LogP contribution in [0.1, 0.15) is 40.2 Å². The summed E-state index contributed by atoms with van der Waals surface area (Å²) in [5.41, 5.74) is 0.368. The summed E-state index contributed by atoms with van der Waals surface area (Å²) in [6.07, 6.45) is 0. The summed E-state index contributed by atoms with van der Waals surface area (Å²) in [4.78, 5) is 0. The molecule has 1 aromatic carbocycles. The van der Waals surface area contributed by atoms with Crippen molar-refractivity contribution in [1.29, 1.82) is 0 Å². The molecule has 4 heteroatoms. The van der Waals surface area contributed by atoms with Crippen molar-refractivity contribution in [2.24, 2.45) is 0 Å². The van der Waals surface area contributed by atoms with Crippen LogP contribution in [-0.2, 0) is 5.41 Å². The fraction of sp³-hybridized carbons (Fsp3) is 0.538. The SMILES string of the molecule is CC(C)(I)Oc1c(C(C)(C)C)ccc(F)c1F. The van der Waals surface area contributed by atoms with Gasteiger partial charge in [0.25, 0.3) is 0 Å². The minimum Gasteiger partial charge on any atom is -0.474 e. The highest BCUT2D eigenvalue weighted by Gasteiger charge is 2.27. The van der Waals surface area contributed by atoms with E-state index in [1.165, 1.54) is 0 Å². The fourth-order valence-electron chi connectivity index (χ4n) is 1.47. The number of alkyl halides is 1. The van der Waals surface area contributed by atoms with Gasteiger partial charge in [-0.25, -0.2) is 4.39 Å². The van der Waals surface area contributed by atoms with Crippen LogP contribution in [0.2, 0.25) is 0 Å². The average molecular weight is 354 g/mol. The Morgan fingerprint density at radius 3 is 2.00 bits per heavy atom. The van der Waals surface area contributed by atoms with Crippen molar-refractivity contribution in [2.75, 3.05) is 0 Å². The summed E-state index contributed by atoms with van der Waals surface area (Å²) < 4.78 is 32.0. The molecule has 0 aliphatic rings. The van der Waals surface area contributed by atoms with Crippen LogP contribution in [-0.4, -0.2) is 3.61 Å². The Labute approximate surface area is 115 Å². The average Bonchev–Trinajstić information content (AvgIpc) is 2.08. The van der Waals surface area contributed by atoms with Crippen molar-refractivity contribution in [2.45, 2.75) is 43.6 Å². The Kier molecular flexibility index (Phi) is 4.06. The molecular formula is C13H17F2IO. The van der Waals surface area contributed by atoms with E-state index in [1.54, 1.807) is 19.9 Å². The molecule has 0 aromatic heterocycles. The summed E-state index contributed by atoms with van der Waals surface area (Å²) in [5.74, 6) is -1.78. The van der Waals surface area contributed by atoms with Crippen LogP contribution in [0.15, 0.2) is 12.1 Å². The number of halogens is 3. The van der Waals surface area contributed by atoms with Crippen LogP contribution >= 0.6 is 22.6 Å². The molecule has 0 amide bonds. The Morgan fingerprint density at radius 1 is 1.06 bits per heavy atom. The van der Waals surface area contributed by atoms with E-state index in [2.05, 4.69) is 0 Å². The lowest BCUT2D eigenvalue weighted by molar-refractivity contribution is 0.206. The Bertz CT molecular complexity index is 417. The summed E-state index contributed by atoms with van der Waals surface area (Å²) in [6, 6.07) is 2.72. The third-order valence-electron chi connectivity index (χ3n) is 2.20. The number of rotatable bonds is 2. The van der Waals surface area contributed by atoms with Crippen molar-refractivity contribution in [1.82, 2.24) is 0 Å². The first-order chi connectivity index (χ1) is 7.52. The minimum absolute atomic E-state index is 0.0110. The van der Waals surface area contributed by atoms with Gasteiger partial charge in [-0.3, -0.25) is 0 Å². The van der Waals surface area contributed by atoms with E-state index in [4.69, 9.17) is 4.74 Å². The largest absolute Gasteiger partial charge is 0.474 e. The monoisotopic (exact) mass is 354 g/mol. The van der Waals surface area contributed by atoms with Gasteiger partial charge in [-0.05, 0) is 47.9 Å². The van der Waals surface area contributed by atoms with Gasteiger partial charge in [-0.15, -0.1) is 0 Å². The van der Waals surface area contributed by atoms with Crippen LogP contribution in [0.25, 0.3) is 0 Å². The molecule has 1 nitrogen and oxygen atoms in total. The van der Waals surface area contributed by atoms with Gasteiger partial charge in [0.2, 0.25) is 5.82 Å². The third-order valence-corrected chi connectivity index (χ3v) is 2.42. The van der Waals surface area contributed by atoms with Crippen molar-refractivity contribution in [3.8, 4) is 5.75 Å². The molecule has 17 heavy (non-hydrogen) atoms. The van der Waals surface area contributed by atoms with E-state index in [1.807, 2.05) is 43.4 Å². The molecule has 96 valence electrons. The molecule has 0 aliphatic carbocycles. The minimum atomic E-state index is -0.915. The van der Waals surface area contributed by atoms with Gasteiger partial charge in [0.1, 0.15) is 0 Å². The molecule has 0 unspecified atom stereocenters. The van der Waals surface area contributed by atoms with Crippen molar-refractivity contribution >= 4 is 22.6 Å². The highest BCUT2D eigenvalue weighted by Crippen LogP contribution is 2.37. The normalized spacial score (nSPS) is 12.7. The smallest absolute Gasteiger partial charge is 0.200 e. The van der Waals surface area contributed by atoms with Crippen LogP contribution in [0, 0.1) is 11.6 Å². The topological polar surface area (TPSA) is 9.23 Å². The first kappa shape index (κ1) is 14.7.